The van der Waals surface area contributed by atoms with Gasteiger partial charge in [-0.3, -0.25) is 4.79 Å². The summed E-state index contributed by atoms with van der Waals surface area (Å²) in [4.78, 5) is 11.7. The summed E-state index contributed by atoms with van der Waals surface area (Å²) < 4.78 is 26.8. The number of benzene rings is 1. The van der Waals surface area contributed by atoms with Crippen LogP contribution in [0, 0.1) is 0 Å². The summed E-state index contributed by atoms with van der Waals surface area (Å²) in [5.74, 6) is -0.502. The van der Waals surface area contributed by atoms with Gasteiger partial charge in [0.25, 0.3) is 5.91 Å². The maximum Gasteiger partial charge on any atom is 0.253 e. The topological polar surface area (TPSA) is 75.3 Å². The minimum absolute atomic E-state index is 0.0343. The van der Waals surface area contributed by atoms with Crippen molar-refractivity contribution >= 4 is 39.1 Å². The van der Waals surface area contributed by atoms with E-state index in [1.54, 1.807) is 13.8 Å². The van der Waals surface area contributed by atoms with Crippen molar-refractivity contribution in [2.45, 2.75) is 24.8 Å². The smallest absolute Gasteiger partial charge is 0.253 e. The zero-order chi connectivity index (χ0) is 16.2. The summed E-state index contributed by atoms with van der Waals surface area (Å²) in [6.45, 7) is 7.08. The van der Waals surface area contributed by atoms with Crippen molar-refractivity contribution in [2.75, 3.05) is 6.54 Å². The molecule has 0 aromatic heterocycles. The van der Waals surface area contributed by atoms with Gasteiger partial charge in [0.2, 0.25) is 10.0 Å². The molecule has 0 atom stereocenters. The minimum atomic E-state index is -3.82. The Morgan fingerprint density at radius 1 is 1.33 bits per heavy atom. The number of carbonyl (C=O) groups excluding carboxylic acids is 1. The Morgan fingerprint density at radius 2 is 1.95 bits per heavy atom. The third kappa shape index (κ3) is 4.71. The van der Waals surface area contributed by atoms with Crippen molar-refractivity contribution in [3.05, 3.63) is 40.4 Å². The summed E-state index contributed by atoms with van der Waals surface area (Å²) in [7, 11) is -3.82. The largest absolute Gasteiger partial charge is 0.349 e. The molecular weight excluding hydrogens is 335 g/mol. The van der Waals surface area contributed by atoms with Gasteiger partial charge in [0, 0.05) is 12.6 Å². The maximum atomic E-state index is 12.2. The van der Waals surface area contributed by atoms with Crippen LogP contribution in [-0.2, 0) is 10.0 Å². The lowest BCUT2D eigenvalue weighted by molar-refractivity contribution is 0.0958. The van der Waals surface area contributed by atoms with E-state index in [0.29, 0.717) is 0 Å². The number of carbonyl (C=O) groups is 1. The molecule has 0 radical (unpaired) electrons. The molecule has 116 valence electrons. The fourth-order valence-corrected chi connectivity index (χ4v) is 3.65. The third-order valence-corrected chi connectivity index (χ3v) is 4.79. The second-order valence-electron chi connectivity index (χ2n) is 4.54. The highest BCUT2D eigenvalue weighted by atomic mass is 35.5. The molecule has 2 N–H and O–H groups in total. The van der Waals surface area contributed by atoms with E-state index in [2.05, 4.69) is 16.6 Å². The Balaban J connectivity index is 3.30. The van der Waals surface area contributed by atoms with Gasteiger partial charge >= 0.3 is 0 Å². The SMILES string of the molecule is C=CCNC(=O)c1cc(S(=O)(=O)NC(C)C)c(Cl)cc1Cl. The maximum absolute atomic E-state index is 12.2. The second-order valence-corrected chi connectivity index (χ2v) is 7.03. The lowest BCUT2D eigenvalue weighted by Gasteiger charge is -2.13. The lowest BCUT2D eigenvalue weighted by Crippen LogP contribution is -2.31. The molecule has 0 saturated heterocycles. The number of rotatable bonds is 6. The molecule has 1 rings (SSSR count). The summed E-state index contributed by atoms with van der Waals surface area (Å²) in [6, 6.07) is 2.09. The van der Waals surface area contributed by atoms with Crippen LogP contribution in [0.1, 0.15) is 24.2 Å². The van der Waals surface area contributed by atoms with Gasteiger partial charge in [0.1, 0.15) is 4.90 Å². The predicted molar refractivity (Wildman–Crippen MR) is 84.4 cm³/mol. The predicted octanol–water partition coefficient (Wildman–Crippen LogP) is 2.60. The number of halogens is 2. The van der Waals surface area contributed by atoms with Crippen LogP contribution < -0.4 is 10.0 Å². The Morgan fingerprint density at radius 3 is 2.48 bits per heavy atom. The molecule has 0 heterocycles. The molecule has 1 amide bonds. The second kappa shape index (κ2) is 7.26. The van der Waals surface area contributed by atoms with Crippen molar-refractivity contribution in [2.24, 2.45) is 0 Å². The summed E-state index contributed by atoms with van der Waals surface area (Å²) >= 11 is 11.9. The first kappa shape index (κ1) is 18.0. The molecule has 0 aliphatic carbocycles. The number of sulfonamides is 1. The van der Waals surface area contributed by atoms with E-state index in [1.807, 2.05) is 0 Å². The molecule has 0 unspecified atom stereocenters. The van der Waals surface area contributed by atoms with Gasteiger partial charge in [-0.25, -0.2) is 13.1 Å². The van der Waals surface area contributed by atoms with Crippen LogP contribution in [0.15, 0.2) is 29.7 Å². The van der Waals surface area contributed by atoms with Crippen LogP contribution in [0.4, 0.5) is 0 Å². The van der Waals surface area contributed by atoms with Gasteiger partial charge in [-0.15, -0.1) is 6.58 Å². The Kier molecular flexibility index (Phi) is 6.22. The monoisotopic (exact) mass is 350 g/mol. The van der Waals surface area contributed by atoms with Crippen molar-refractivity contribution in [1.82, 2.24) is 10.0 Å². The molecule has 21 heavy (non-hydrogen) atoms. The summed E-state index contributed by atoms with van der Waals surface area (Å²) in [5, 5.41) is 2.55. The van der Waals surface area contributed by atoms with Crippen LogP contribution in [0.25, 0.3) is 0 Å². The third-order valence-electron chi connectivity index (χ3n) is 2.35. The standard InChI is InChI=1S/C13H16Cl2N2O3S/c1-4-5-16-13(18)9-6-12(11(15)7-10(9)14)21(19,20)17-8(2)3/h4,6-8,17H,1,5H2,2-3H3,(H,16,18). The van der Waals surface area contributed by atoms with E-state index in [0.717, 1.165) is 6.07 Å². The van der Waals surface area contributed by atoms with Crippen LogP contribution in [0.3, 0.4) is 0 Å². The fourth-order valence-electron chi connectivity index (χ4n) is 1.54. The Bertz CT molecular complexity index is 658. The van der Waals surface area contributed by atoms with E-state index >= 15 is 0 Å². The molecule has 5 nitrogen and oxygen atoms in total. The molecule has 0 fully saturated rings. The molecule has 0 spiro atoms. The number of amides is 1. The van der Waals surface area contributed by atoms with E-state index in [-0.39, 0.29) is 33.1 Å². The van der Waals surface area contributed by atoms with E-state index in [1.165, 1.54) is 12.1 Å². The van der Waals surface area contributed by atoms with E-state index in [4.69, 9.17) is 23.2 Å². The van der Waals surface area contributed by atoms with Crippen LogP contribution in [-0.4, -0.2) is 26.9 Å². The Hall–Kier alpha value is -1.08. The number of nitrogens with one attached hydrogen (secondary N) is 2. The molecule has 1 aromatic rings. The molecular formula is C13H16Cl2N2O3S. The molecule has 0 aliphatic heterocycles. The average molecular weight is 351 g/mol. The first-order valence-electron chi connectivity index (χ1n) is 6.09. The molecule has 1 aromatic carbocycles. The van der Waals surface area contributed by atoms with Crippen molar-refractivity contribution in [1.29, 1.82) is 0 Å². The molecule has 0 aliphatic rings. The fraction of sp³-hybridized carbons (Fsp3) is 0.308. The number of hydrogen-bond acceptors (Lipinski definition) is 3. The minimum Gasteiger partial charge on any atom is -0.349 e. The lowest BCUT2D eigenvalue weighted by atomic mass is 10.2. The zero-order valence-corrected chi connectivity index (χ0v) is 13.9. The van der Waals surface area contributed by atoms with Gasteiger partial charge in [-0.05, 0) is 26.0 Å². The van der Waals surface area contributed by atoms with Crippen molar-refractivity contribution in [3.8, 4) is 0 Å². The van der Waals surface area contributed by atoms with Gasteiger partial charge in [0.05, 0.1) is 15.6 Å². The highest BCUT2D eigenvalue weighted by Gasteiger charge is 2.23. The normalized spacial score (nSPS) is 11.5. The van der Waals surface area contributed by atoms with Gasteiger partial charge in [0.15, 0.2) is 0 Å². The van der Waals surface area contributed by atoms with Crippen molar-refractivity contribution < 1.29 is 13.2 Å². The Labute approximate surface area is 134 Å². The van der Waals surface area contributed by atoms with Gasteiger partial charge in [-0.2, -0.15) is 0 Å². The highest BCUT2D eigenvalue weighted by Crippen LogP contribution is 2.28. The summed E-state index contributed by atoms with van der Waals surface area (Å²) in [6.07, 6.45) is 1.50. The quantitative estimate of drug-likeness (QED) is 0.774. The van der Waals surface area contributed by atoms with Crippen LogP contribution in [0.5, 0.6) is 0 Å². The molecule has 0 saturated carbocycles. The molecule has 8 heteroatoms. The van der Waals surface area contributed by atoms with Crippen molar-refractivity contribution in [3.63, 3.8) is 0 Å². The average Bonchev–Trinajstić information content (AvgIpc) is 2.33. The van der Waals surface area contributed by atoms with Crippen LogP contribution in [0.2, 0.25) is 10.0 Å². The van der Waals surface area contributed by atoms with E-state index < -0.39 is 15.9 Å². The van der Waals surface area contributed by atoms with Crippen LogP contribution >= 0.6 is 23.2 Å². The van der Waals surface area contributed by atoms with Gasteiger partial charge in [-0.1, -0.05) is 29.3 Å². The summed E-state index contributed by atoms with van der Waals surface area (Å²) in [5.41, 5.74) is 0.0343. The first-order chi connectivity index (χ1) is 9.69. The first-order valence-corrected chi connectivity index (χ1v) is 8.33. The zero-order valence-electron chi connectivity index (χ0n) is 11.6. The van der Waals surface area contributed by atoms with Gasteiger partial charge < -0.3 is 5.32 Å². The number of hydrogen-bond donors (Lipinski definition) is 2. The molecule has 0 bridgehead atoms. The highest BCUT2D eigenvalue weighted by molar-refractivity contribution is 7.89. The van der Waals surface area contributed by atoms with E-state index in [9.17, 15) is 13.2 Å².